The van der Waals surface area contributed by atoms with Crippen molar-refractivity contribution in [3.05, 3.63) is 24.3 Å². The predicted molar refractivity (Wildman–Crippen MR) is 55.9 cm³/mol. The van der Waals surface area contributed by atoms with Gasteiger partial charge in [-0.25, -0.2) is 0 Å². The van der Waals surface area contributed by atoms with Gasteiger partial charge in [-0.1, -0.05) is 19.4 Å². The summed E-state index contributed by atoms with van der Waals surface area (Å²) in [6.07, 6.45) is 2.49. The quantitative estimate of drug-likeness (QED) is 0.721. The first-order valence-electron chi connectivity index (χ1n) is 4.74. The Morgan fingerprint density at radius 1 is 1.46 bits per heavy atom. The first-order valence-corrected chi connectivity index (χ1v) is 4.74. The highest BCUT2D eigenvalue weighted by molar-refractivity contribution is 5.43. The van der Waals surface area contributed by atoms with Crippen molar-refractivity contribution in [2.45, 2.75) is 32.8 Å². The van der Waals surface area contributed by atoms with Crippen LogP contribution in [0.5, 0.6) is 5.75 Å². The van der Waals surface area contributed by atoms with Crippen molar-refractivity contribution >= 4 is 5.69 Å². The summed E-state index contributed by atoms with van der Waals surface area (Å²) in [5, 5.41) is 0. The van der Waals surface area contributed by atoms with Crippen molar-refractivity contribution in [2.24, 2.45) is 0 Å². The third-order valence-electron chi connectivity index (χ3n) is 1.89. The van der Waals surface area contributed by atoms with Crippen molar-refractivity contribution in [1.82, 2.24) is 0 Å². The van der Waals surface area contributed by atoms with Gasteiger partial charge in [0, 0.05) is 11.8 Å². The zero-order valence-electron chi connectivity index (χ0n) is 8.29. The summed E-state index contributed by atoms with van der Waals surface area (Å²) in [6, 6.07) is 7.55. The highest BCUT2D eigenvalue weighted by Gasteiger charge is 2.01. The smallest absolute Gasteiger partial charge is 0.121 e. The Bertz CT molecular complexity index is 260. The molecule has 2 heteroatoms. The molecule has 0 bridgehead atoms. The molecule has 0 amide bonds. The van der Waals surface area contributed by atoms with E-state index in [1.165, 1.54) is 0 Å². The van der Waals surface area contributed by atoms with E-state index in [1.807, 2.05) is 24.3 Å². The molecule has 13 heavy (non-hydrogen) atoms. The van der Waals surface area contributed by atoms with Crippen LogP contribution in [0.15, 0.2) is 24.3 Å². The Morgan fingerprint density at radius 2 is 2.23 bits per heavy atom. The van der Waals surface area contributed by atoms with Gasteiger partial charge >= 0.3 is 0 Å². The molecule has 0 aliphatic rings. The Morgan fingerprint density at radius 3 is 2.85 bits per heavy atom. The maximum Gasteiger partial charge on any atom is 0.121 e. The minimum absolute atomic E-state index is 0.270. The zero-order chi connectivity index (χ0) is 9.68. The molecule has 1 atom stereocenters. The van der Waals surface area contributed by atoms with Crippen LogP contribution in [-0.2, 0) is 0 Å². The highest BCUT2D eigenvalue weighted by Crippen LogP contribution is 2.17. The summed E-state index contributed by atoms with van der Waals surface area (Å²) in [7, 11) is 0. The standard InChI is InChI=1S/C11H17NO/c1-3-5-9(2)13-11-7-4-6-10(12)8-11/h4,6-9H,3,5,12H2,1-2H3/t9-/m0/s1. The molecule has 0 aromatic heterocycles. The van der Waals surface area contributed by atoms with Gasteiger partial charge < -0.3 is 10.5 Å². The summed E-state index contributed by atoms with van der Waals surface area (Å²) >= 11 is 0. The number of rotatable bonds is 4. The molecular weight excluding hydrogens is 162 g/mol. The van der Waals surface area contributed by atoms with E-state index in [2.05, 4.69) is 13.8 Å². The third-order valence-corrected chi connectivity index (χ3v) is 1.89. The van der Waals surface area contributed by atoms with Crippen LogP contribution in [0.3, 0.4) is 0 Å². The molecular formula is C11H17NO. The van der Waals surface area contributed by atoms with E-state index in [0.29, 0.717) is 0 Å². The average molecular weight is 179 g/mol. The number of nitrogen functional groups attached to an aromatic ring is 1. The molecule has 1 aromatic rings. The number of ether oxygens (including phenoxy) is 1. The monoisotopic (exact) mass is 179 g/mol. The van der Waals surface area contributed by atoms with Crippen molar-refractivity contribution in [3.8, 4) is 5.75 Å². The van der Waals surface area contributed by atoms with Gasteiger partial charge in [0.1, 0.15) is 5.75 Å². The molecule has 0 heterocycles. The van der Waals surface area contributed by atoms with Gasteiger partial charge in [0.05, 0.1) is 6.10 Å². The maximum atomic E-state index is 5.66. The van der Waals surface area contributed by atoms with Crippen molar-refractivity contribution in [2.75, 3.05) is 5.73 Å². The van der Waals surface area contributed by atoms with Crippen LogP contribution in [-0.4, -0.2) is 6.10 Å². The van der Waals surface area contributed by atoms with Crippen LogP contribution in [0.25, 0.3) is 0 Å². The summed E-state index contributed by atoms with van der Waals surface area (Å²) in [5.41, 5.74) is 6.38. The van der Waals surface area contributed by atoms with Gasteiger partial charge in [0.15, 0.2) is 0 Å². The van der Waals surface area contributed by atoms with Gasteiger partial charge in [-0.2, -0.15) is 0 Å². The summed E-state index contributed by atoms with van der Waals surface area (Å²) in [6.45, 7) is 4.23. The van der Waals surface area contributed by atoms with E-state index in [9.17, 15) is 0 Å². The first-order chi connectivity index (χ1) is 6.22. The van der Waals surface area contributed by atoms with Crippen LogP contribution in [0.2, 0.25) is 0 Å². The van der Waals surface area contributed by atoms with Gasteiger partial charge in [-0.05, 0) is 25.5 Å². The minimum Gasteiger partial charge on any atom is -0.491 e. The van der Waals surface area contributed by atoms with Gasteiger partial charge in [-0.15, -0.1) is 0 Å². The maximum absolute atomic E-state index is 5.66. The molecule has 0 saturated heterocycles. The predicted octanol–water partition coefficient (Wildman–Crippen LogP) is 2.84. The van der Waals surface area contributed by atoms with Crippen LogP contribution < -0.4 is 10.5 Å². The van der Waals surface area contributed by atoms with Crippen LogP contribution >= 0.6 is 0 Å². The van der Waals surface area contributed by atoms with E-state index in [1.54, 1.807) is 0 Å². The van der Waals surface area contributed by atoms with Crippen LogP contribution in [0.4, 0.5) is 5.69 Å². The van der Waals surface area contributed by atoms with Crippen LogP contribution in [0.1, 0.15) is 26.7 Å². The summed E-state index contributed by atoms with van der Waals surface area (Å²) in [5.74, 6) is 0.862. The lowest BCUT2D eigenvalue weighted by Gasteiger charge is -2.13. The van der Waals surface area contributed by atoms with Crippen molar-refractivity contribution in [3.63, 3.8) is 0 Å². The first kappa shape index (κ1) is 9.90. The second-order valence-electron chi connectivity index (χ2n) is 3.29. The number of nitrogens with two attached hydrogens (primary N) is 1. The fourth-order valence-electron chi connectivity index (χ4n) is 1.29. The topological polar surface area (TPSA) is 35.2 Å². The molecule has 2 N–H and O–H groups in total. The second kappa shape index (κ2) is 4.75. The largest absolute Gasteiger partial charge is 0.491 e. The Hall–Kier alpha value is -1.18. The molecule has 0 unspecified atom stereocenters. The Kier molecular flexibility index (Phi) is 3.62. The lowest BCUT2D eigenvalue weighted by atomic mass is 10.2. The van der Waals surface area contributed by atoms with E-state index in [4.69, 9.17) is 10.5 Å². The fraction of sp³-hybridized carbons (Fsp3) is 0.455. The Balaban J connectivity index is 2.53. The van der Waals surface area contributed by atoms with E-state index in [0.717, 1.165) is 24.3 Å². The van der Waals surface area contributed by atoms with E-state index < -0.39 is 0 Å². The molecule has 0 fully saturated rings. The van der Waals surface area contributed by atoms with E-state index >= 15 is 0 Å². The third kappa shape index (κ3) is 3.36. The van der Waals surface area contributed by atoms with Gasteiger partial charge in [-0.3, -0.25) is 0 Å². The molecule has 0 saturated carbocycles. The number of anilines is 1. The zero-order valence-corrected chi connectivity index (χ0v) is 8.29. The van der Waals surface area contributed by atoms with E-state index in [-0.39, 0.29) is 6.10 Å². The molecule has 0 spiro atoms. The molecule has 0 aliphatic carbocycles. The number of benzene rings is 1. The minimum atomic E-state index is 0.270. The van der Waals surface area contributed by atoms with Crippen molar-refractivity contribution < 1.29 is 4.74 Å². The fourth-order valence-corrected chi connectivity index (χ4v) is 1.29. The average Bonchev–Trinajstić information content (AvgIpc) is 2.04. The summed E-state index contributed by atoms with van der Waals surface area (Å²) < 4.78 is 5.66. The second-order valence-corrected chi connectivity index (χ2v) is 3.29. The normalized spacial score (nSPS) is 12.5. The number of hydrogen-bond donors (Lipinski definition) is 1. The molecule has 72 valence electrons. The highest BCUT2D eigenvalue weighted by atomic mass is 16.5. The Labute approximate surface area is 79.7 Å². The lowest BCUT2D eigenvalue weighted by Crippen LogP contribution is -2.10. The van der Waals surface area contributed by atoms with Crippen molar-refractivity contribution in [1.29, 1.82) is 0 Å². The number of hydrogen-bond acceptors (Lipinski definition) is 2. The molecule has 1 aromatic carbocycles. The van der Waals surface area contributed by atoms with Gasteiger partial charge in [0.25, 0.3) is 0 Å². The molecule has 0 radical (unpaired) electrons. The van der Waals surface area contributed by atoms with Gasteiger partial charge in [0.2, 0.25) is 0 Å². The molecule has 1 rings (SSSR count). The molecule has 0 aliphatic heterocycles. The SMILES string of the molecule is CCC[C@H](C)Oc1cccc(N)c1. The summed E-state index contributed by atoms with van der Waals surface area (Å²) in [4.78, 5) is 0. The van der Waals surface area contributed by atoms with Crippen LogP contribution in [0, 0.1) is 0 Å². The molecule has 2 nitrogen and oxygen atoms in total. The lowest BCUT2D eigenvalue weighted by molar-refractivity contribution is 0.210.